The van der Waals surface area contributed by atoms with Gasteiger partial charge in [-0.2, -0.15) is 0 Å². The van der Waals surface area contributed by atoms with Gasteiger partial charge in [0.15, 0.2) is 6.29 Å². The largest absolute Gasteiger partial charge is 0.460 e. The summed E-state index contributed by atoms with van der Waals surface area (Å²) in [5.41, 5.74) is 2.21. The zero-order chi connectivity index (χ0) is 20.9. The fourth-order valence-corrected chi connectivity index (χ4v) is 4.81. The zero-order valence-corrected chi connectivity index (χ0v) is 17.9. The van der Waals surface area contributed by atoms with Gasteiger partial charge in [0, 0.05) is 23.4 Å². The second-order valence-corrected chi connectivity index (χ2v) is 8.33. The minimum atomic E-state index is -0.325. The summed E-state index contributed by atoms with van der Waals surface area (Å²) in [6.45, 7) is 3.61. The number of hydrogen-bond donors (Lipinski definition) is 0. The average molecular weight is 421 g/mol. The molecule has 1 fully saturated rings. The lowest BCUT2D eigenvalue weighted by atomic mass is 10.1. The molecule has 4 rings (SSSR count). The van der Waals surface area contributed by atoms with E-state index in [2.05, 4.69) is 42.2 Å². The number of benzene rings is 2. The van der Waals surface area contributed by atoms with Crippen LogP contribution in [0.1, 0.15) is 32.3 Å². The third-order valence-corrected chi connectivity index (χ3v) is 6.30. The zero-order valence-electron chi connectivity index (χ0n) is 17.1. The van der Waals surface area contributed by atoms with Crippen molar-refractivity contribution in [1.29, 1.82) is 0 Å². The first kappa shape index (κ1) is 20.6. The van der Waals surface area contributed by atoms with Crippen molar-refractivity contribution >= 4 is 27.4 Å². The maximum atomic E-state index is 11.2. The SMILES string of the molecule is CC(=O)O[C@@H]1CC[C@H](OCC#Cc2c(-c3ccccc3)sc3ccccc23)O[C@H]1C. The van der Waals surface area contributed by atoms with Crippen LogP contribution in [0.4, 0.5) is 0 Å². The number of thiophene rings is 1. The van der Waals surface area contributed by atoms with Crippen LogP contribution in [0.3, 0.4) is 0 Å². The van der Waals surface area contributed by atoms with E-state index in [1.807, 2.05) is 31.2 Å². The molecule has 154 valence electrons. The van der Waals surface area contributed by atoms with E-state index in [9.17, 15) is 4.79 Å². The highest BCUT2D eigenvalue weighted by molar-refractivity contribution is 7.22. The van der Waals surface area contributed by atoms with Crippen LogP contribution in [-0.2, 0) is 19.0 Å². The number of rotatable bonds is 4. The van der Waals surface area contributed by atoms with Crippen molar-refractivity contribution in [2.45, 2.75) is 45.2 Å². The Balaban J connectivity index is 1.45. The van der Waals surface area contributed by atoms with Crippen LogP contribution in [-0.4, -0.2) is 31.1 Å². The Morgan fingerprint density at radius 3 is 2.67 bits per heavy atom. The molecule has 0 unspecified atom stereocenters. The number of carbonyl (C=O) groups excluding carboxylic acids is 1. The molecular weight excluding hydrogens is 396 g/mol. The molecular formula is C25H24O4S. The molecule has 3 aromatic rings. The van der Waals surface area contributed by atoms with Gasteiger partial charge in [0.05, 0.1) is 16.5 Å². The highest BCUT2D eigenvalue weighted by Crippen LogP contribution is 2.38. The first-order valence-corrected chi connectivity index (χ1v) is 10.9. The Labute approximate surface area is 180 Å². The van der Waals surface area contributed by atoms with Crippen LogP contribution < -0.4 is 0 Å². The van der Waals surface area contributed by atoms with Crippen molar-refractivity contribution in [3.63, 3.8) is 0 Å². The summed E-state index contributed by atoms with van der Waals surface area (Å²) in [4.78, 5) is 12.3. The van der Waals surface area contributed by atoms with E-state index in [1.54, 1.807) is 11.3 Å². The minimum Gasteiger partial charge on any atom is -0.460 e. The molecule has 0 radical (unpaired) electrons. The van der Waals surface area contributed by atoms with Gasteiger partial charge >= 0.3 is 5.97 Å². The normalized spacial score (nSPS) is 21.1. The number of carbonyl (C=O) groups is 1. The Morgan fingerprint density at radius 2 is 1.90 bits per heavy atom. The lowest BCUT2D eigenvalue weighted by Crippen LogP contribution is -2.40. The Morgan fingerprint density at radius 1 is 1.13 bits per heavy atom. The molecule has 0 aliphatic carbocycles. The predicted octanol–water partition coefficient (Wildman–Crippen LogP) is 5.39. The Hall–Kier alpha value is -2.65. The van der Waals surface area contributed by atoms with Crippen LogP contribution >= 0.6 is 11.3 Å². The summed E-state index contributed by atoms with van der Waals surface area (Å²) < 4.78 is 18.2. The fourth-order valence-electron chi connectivity index (χ4n) is 3.64. The maximum Gasteiger partial charge on any atom is 0.302 e. The first-order chi connectivity index (χ1) is 14.6. The first-order valence-electron chi connectivity index (χ1n) is 10.1. The molecule has 1 aliphatic heterocycles. The molecule has 2 aromatic carbocycles. The minimum absolute atomic E-state index is 0.189. The van der Waals surface area contributed by atoms with Gasteiger partial charge in [-0.3, -0.25) is 4.79 Å². The quantitative estimate of drug-likeness (QED) is 0.419. The summed E-state index contributed by atoms with van der Waals surface area (Å²) in [6, 6.07) is 18.7. The Kier molecular flexibility index (Phi) is 6.49. The van der Waals surface area contributed by atoms with Crippen molar-refractivity contribution in [2.24, 2.45) is 0 Å². The molecule has 3 atom stereocenters. The standard InChI is InChI=1S/C25H24O4S/c1-17-22(29-18(2)26)14-15-24(28-17)27-16-8-12-21-20-11-6-7-13-23(20)30-25(21)19-9-4-3-5-10-19/h3-7,9-11,13,17,22,24H,14-16H2,1-2H3/t17-,22+,24+/m0/s1. The highest BCUT2D eigenvalue weighted by atomic mass is 32.1. The van der Waals surface area contributed by atoms with E-state index in [-0.39, 0.29) is 31.1 Å². The molecule has 4 nitrogen and oxygen atoms in total. The van der Waals surface area contributed by atoms with Crippen LogP contribution in [0, 0.1) is 11.8 Å². The third kappa shape index (κ3) is 4.73. The summed E-state index contributed by atoms with van der Waals surface area (Å²) >= 11 is 1.76. The molecule has 1 saturated heterocycles. The van der Waals surface area contributed by atoms with Gasteiger partial charge in [-0.15, -0.1) is 11.3 Å². The van der Waals surface area contributed by atoms with Gasteiger partial charge in [0.25, 0.3) is 0 Å². The summed E-state index contributed by atoms with van der Waals surface area (Å²) in [5, 5.41) is 1.17. The van der Waals surface area contributed by atoms with Gasteiger partial charge in [0.2, 0.25) is 0 Å². The van der Waals surface area contributed by atoms with Crippen LogP contribution in [0.2, 0.25) is 0 Å². The molecule has 0 saturated carbocycles. The van der Waals surface area contributed by atoms with Gasteiger partial charge < -0.3 is 14.2 Å². The van der Waals surface area contributed by atoms with Crippen molar-refractivity contribution in [2.75, 3.05) is 6.61 Å². The van der Waals surface area contributed by atoms with E-state index in [0.29, 0.717) is 6.42 Å². The molecule has 2 heterocycles. The van der Waals surface area contributed by atoms with E-state index in [1.165, 1.54) is 27.5 Å². The molecule has 0 N–H and O–H groups in total. The summed E-state index contributed by atoms with van der Waals surface area (Å²) in [7, 11) is 0. The molecule has 30 heavy (non-hydrogen) atoms. The predicted molar refractivity (Wildman–Crippen MR) is 119 cm³/mol. The van der Waals surface area contributed by atoms with Crippen molar-refractivity contribution in [1.82, 2.24) is 0 Å². The van der Waals surface area contributed by atoms with Gasteiger partial charge in [-0.05, 0) is 25.0 Å². The lowest BCUT2D eigenvalue weighted by molar-refractivity contribution is -0.220. The van der Waals surface area contributed by atoms with E-state index in [4.69, 9.17) is 14.2 Å². The number of hydrogen-bond acceptors (Lipinski definition) is 5. The van der Waals surface area contributed by atoms with E-state index >= 15 is 0 Å². The van der Waals surface area contributed by atoms with E-state index in [0.717, 1.165) is 12.0 Å². The second-order valence-electron chi connectivity index (χ2n) is 7.28. The maximum absolute atomic E-state index is 11.2. The van der Waals surface area contributed by atoms with Crippen LogP contribution in [0.5, 0.6) is 0 Å². The third-order valence-electron chi connectivity index (χ3n) is 5.08. The monoisotopic (exact) mass is 420 g/mol. The number of esters is 1. The van der Waals surface area contributed by atoms with Gasteiger partial charge in [-0.25, -0.2) is 0 Å². The molecule has 0 bridgehead atoms. The smallest absolute Gasteiger partial charge is 0.302 e. The van der Waals surface area contributed by atoms with Crippen molar-refractivity contribution in [3.05, 3.63) is 60.2 Å². The van der Waals surface area contributed by atoms with Crippen molar-refractivity contribution in [3.8, 4) is 22.3 Å². The summed E-state index contributed by atoms with van der Waals surface area (Å²) in [5.74, 6) is 6.22. The topological polar surface area (TPSA) is 44.8 Å². The second kappa shape index (κ2) is 9.44. The molecule has 0 amide bonds. The molecule has 1 aliphatic rings. The van der Waals surface area contributed by atoms with Crippen LogP contribution in [0.25, 0.3) is 20.5 Å². The van der Waals surface area contributed by atoms with E-state index < -0.39 is 0 Å². The fraction of sp³-hybridized carbons (Fsp3) is 0.320. The average Bonchev–Trinajstić information content (AvgIpc) is 3.12. The molecule has 5 heteroatoms. The lowest BCUT2D eigenvalue weighted by Gasteiger charge is -2.33. The Bertz CT molecular complexity index is 1080. The van der Waals surface area contributed by atoms with Gasteiger partial charge in [-0.1, -0.05) is 60.4 Å². The summed E-state index contributed by atoms with van der Waals surface area (Å²) in [6.07, 6.45) is 0.686. The van der Waals surface area contributed by atoms with Gasteiger partial charge in [0.1, 0.15) is 12.7 Å². The number of fused-ring (bicyclic) bond motifs is 1. The highest BCUT2D eigenvalue weighted by Gasteiger charge is 2.30. The molecule has 0 spiro atoms. The van der Waals surface area contributed by atoms with Crippen LogP contribution in [0.15, 0.2) is 54.6 Å². The molecule has 1 aromatic heterocycles. The van der Waals surface area contributed by atoms with Crippen molar-refractivity contribution < 1.29 is 19.0 Å². The number of ether oxygens (including phenoxy) is 3.